The van der Waals surface area contributed by atoms with E-state index in [-0.39, 0.29) is 12.1 Å². The van der Waals surface area contributed by atoms with Gasteiger partial charge in [0.05, 0.1) is 6.42 Å². The summed E-state index contributed by atoms with van der Waals surface area (Å²) in [5, 5.41) is 2.33. The summed E-state index contributed by atoms with van der Waals surface area (Å²) in [5.74, 6) is -0.0896. The number of ether oxygens (including phenoxy) is 1. The highest BCUT2D eigenvalue weighted by atomic mass is 16.5. The first-order valence-corrected chi connectivity index (χ1v) is 7.49. The molecule has 0 aromatic heterocycles. The number of benzene rings is 2. The van der Waals surface area contributed by atoms with Crippen LogP contribution in [0.4, 0.5) is 0 Å². The van der Waals surface area contributed by atoms with Gasteiger partial charge in [0.2, 0.25) is 0 Å². The van der Waals surface area contributed by atoms with Gasteiger partial charge in [0.15, 0.2) is 0 Å². The zero-order valence-corrected chi connectivity index (χ0v) is 11.7. The zero-order valence-electron chi connectivity index (χ0n) is 11.7. The van der Waals surface area contributed by atoms with Crippen LogP contribution in [0.15, 0.2) is 42.5 Å². The Morgan fingerprint density at radius 3 is 2.60 bits per heavy atom. The van der Waals surface area contributed by atoms with E-state index in [1.165, 1.54) is 24.6 Å². The lowest BCUT2D eigenvalue weighted by Crippen LogP contribution is -2.22. The van der Waals surface area contributed by atoms with E-state index in [0.29, 0.717) is 6.42 Å². The topological polar surface area (TPSA) is 26.3 Å². The Balaban J connectivity index is 1.71. The molecule has 0 atom stereocenters. The summed E-state index contributed by atoms with van der Waals surface area (Å²) in [6.07, 6.45) is 6.22. The van der Waals surface area contributed by atoms with Gasteiger partial charge in [0.1, 0.15) is 6.10 Å². The van der Waals surface area contributed by atoms with Crippen molar-refractivity contribution < 1.29 is 9.53 Å². The van der Waals surface area contributed by atoms with Crippen molar-refractivity contribution in [3.05, 3.63) is 48.0 Å². The molecule has 0 heterocycles. The van der Waals surface area contributed by atoms with Crippen molar-refractivity contribution in [3.8, 4) is 0 Å². The van der Waals surface area contributed by atoms with Crippen LogP contribution in [0, 0.1) is 0 Å². The van der Waals surface area contributed by atoms with Crippen LogP contribution in [0.1, 0.15) is 37.7 Å². The Morgan fingerprint density at radius 2 is 1.75 bits per heavy atom. The number of esters is 1. The molecule has 2 aromatic rings. The summed E-state index contributed by atoms with van der Waals surface area (Å²) < 4.78 is 5.61. The molecule has 0 aliphatic heterocycles. The van der Waals surface area contributed by atoms with Gasteiger partial charge in [-0.15, -0.1) is 0 Å². The highest BCUT2D eigenvalue weighted by Gasteiger charge is 2.18. The summed E-state index contributed by atoms with van der Waals surface area (Å²) in [6.45, 7) is 0. The average molecular weight is 268 g/mol. The van der Waals surface area contributed by atoms with Crippen LogP contribution in [0.3, 0.4) is 0 Å². The molecule has 0 radical (unpaired) electrons. The summed E-state index contributed by atoms with van der Waals surface area (Å²) in [6, 6.07) is 14.3. The third kappa shape index (κ3) is 3.01. The van der Waals surface area contributed by atoms with Crippen LogP contribution in [-0.4, -0.2) is 12.1 Å². The van der Waals surface area contributed by atoms with Crippen molar-refractivity contribution in [2.45, 2.75) is 44.6 Å². The fourth-order valence-electron chi connectivity index (χ4n) is 3.01. The van der Waals surface area contributed by atoms with Crippen molar-refractivity contribution in [2.75, 3.05) is 0 Å². The van der Waals surface area contributed by atoms with E-state index < -0.39 is 0 Å². The second kappa shape index (κ2) is 6.08. The zero-order chi connectivity index (χ0) is 13.8. The fourth-order valence-corrected chi connectivity index (χ4v) is 3.01. The van der Waals surface area contributed by atoms with Crippen LogP contribution in [0.2, 0.25) is 0 Å². The van der Waals surface area contributed by atoms with Gasteiger partial charge in [0.25, 0.3) is 0 Å². The summed E-state index contributed by atoms with van der Waals surface area (Å²) >= 11 is 0. The van der Waals surface area contributed by atoms with E-state index in [4.69, 9.17) is 4.74 Å². The van der Waals surface area contributed by atoms with E-state index in [9.17, 15) is 4.79 Å². The maximum atomic E-state index is 12.1. The van der Waals surface area contributed by atoms with Crippen molar-refractivity contribution in [1.29, 1.82) is 0 Å². The quantitative estimate of drug-likeness (QED) is 0.777. The molecular weight excluding hydrogens is 248 g/mol. The van der Waals surface area contributed by atoms with Gasteiger partial charge in [-0.05, 0) is 42.0 Å². The first-order valence-electron chi connectivity index (χ1n) is 7.49. The first-order chi connectivity index (χ1) is 9.83. The minimum absolute atomic E-state index is 0.0896. The molecule has 1 saturated carbocycles. The molecule has 0 bridgehead atoms. The number of rotatable bonds is 3. The van der Waals surface area contributed by atoms with E-state index in [1.54, 1.807) is 0 Å². The van der Waals surface area contributed by atoms with Gasteiger partial charge in [-0.2, -0.15) is 0 Å². The van der Waals surface area contributed by atoms with Crippen LogP contribution in [0.25, 0.3) is 10.8 Å². The smallest absolute Gasteiger partial charge is 0.310 e. The number of fused-ring (bicyclic) bond motifs is 1. The Labute approximate surface area is 119 Å². The summed E-state index contributed by atoms with van der Waals surface area (Å²) in [4.78, 5) is 12.1. The summed E-state index contributed by atoms with van der Waals surface area (Å²) in [7, 11) is 0. The van der Waals surface area contributed by atoms with Gasteiger partial charge in [-0.3, -0.25) is 4.79 Å². The SMILES string of the molecule is O=C(Cc1cccc2ccccc12)OC1CCCCC1. The molecular formula is C18H20O2. The van der Waals surface area contributed by atoms with Gasteiger partial charge in [-0.1, -0.05) is 48.9 Å². The molecule has 1 fully saturated rings. The highest BCUT2D eigenvalue weighted by molar-refractivity contribution is 5.88. The Morgan fingerprint density at radius 1 is 1.00 bits per heavy atom. The van der Waals surface area contributed by atoms with Crippen molar-refractivity contribution >= 4 is 16.7 Å². The first kappa shape index (κ1) is 13.2. The Kier molecular flexibility index (Phi) is 4.00. The average Bonchev–Trinajstić information content (AvgIpc) is 2.48. The Bertz CT molecular complexity index is 592. The minimum atomic E-state index is -0.0896. The molecule has 20 heavy (non-hydrogen) atoms. The molecule has 1 aliphatic rings. The molecule has 2 heteroatoms. The molecule has 104 valence electrons. The number of carbonyl (C=O) groups excluding carboxylic acids is 1. The largest absolute Gasteiger partial charge is 0.462 e. The number of hydrogen-bond acceptors (Lipinski definition) is 2. The maximum absolute atomic E-state index is 12.1. The number of hydrogen-bond donors (Lipinski definition) is 0. The molecule has 0 N–H and O–H groups in total. The monoisotopic (exact) mass is 268 g/mol. The Hall–Kier alpha value is -1.83. The van der Waals surface area contributed by atoms with Crippen LogP contribution >= 0.6 is 0 Å². The van der Waals surface area contributed by atoms with Crippen molar-refractivity contribution in [2.24, 2.45) is 0 Å². The predicted molar refractivity (Wildman–Crippen MR) is 80.6 cm³/mol. The van der Waals surface area contributed by atoms with Gasteiger partial charge < -0.3 is 4.74 Å². The second-order valence-corrected chi connectivity index (χ2v) is 5.56. The van der Waals surface area contributed by atoms with Crippen molar-refractivity contribution in [3.63, 3.8) is 0 Å². The molecule has 0 amide bonds. The summed E-state index contributed by atoms with van der Waals surface area (Å²) in [5.41, 5.74) is 1.06. The lowest BCUT2D eigenvalue weighted by molar-refractivity contribution is -0.149. The van der Waals surface area contributed by atoms with Crippen LogP contribution in [0.5, 0.6) is 0 Å². The highest BCUT2D eigenvalue weighted by Crippen LogP contribution is 2.22. The molecule has 1 aliphatic carbocycles. The van der Waals surface area contributed by atoms with Crippen LogP contribution < -0.4 is 0 Å². The third-order valence-corrected chi connectivity index (χ3v) is 4.07. The molecule has 0 spiro atoms. The van der Waals surface area contributed by atoms with Crippen LogP contribution in [-0.2, 0) is 16.0 Å². The molecule has 0 saturated heterocycles. The molecule has 0 unspecified atom stereocenters. The van der Waals surface area contributed by atoms with E-state index in [0.717, 1.165) is 23.8 Å². The molecule has 2 aromatic carbocycles. The second-order valence-electron chi connectivity index (χ2n) is 5.56. The van der Waals surface area contributed by atoms with Gasteiger partial charge in [0, 0.05) is 0 Å². The fraction of sp³-hybridized carbons (Fsp3) is 0.389. The van der Waals surface area contributed by atoms with E-state index in [2.05, 4.69) is 18.2 Å². The normalized spacial score (nSPS) is 16.2. The maximum Gasteiger partial charge on any atom is 0.310 e. The van der Waals surface area contributed by atoms with Crippen molar-refractivity contribution in [1.82, 2.24) is 0 Å². The van der Waals surface area contributed by atoms with E-state index >= 15 is 0 Å². The molecule has 3 rings (SSSR count). The number of carbonyl (C=O) groups is 1. The molecule has 2 nitrogen and oxygen atoms in total. The lowest BCUT2D eigenvalue weighted by Gasteiger charge is -2.21. The third-order valence-electron chi connectivity index (χ3n) is 4.07. The predicted octanol–water partition coefficient (Wildman–Crippen LogP) is 4.26. The minimum Gasteiger partial charge on any atom is -0.462 e. The standard InChI is InChI=1S/C18H20O2/c19-18(20-16-10-2-1-3-11-16)13-15-9-6-8-14-7-4-5-12-17(14)15/h4-9,12,16H,1-3,10-11,13H2. The lowest BCUT2D eigenvalue weighted by atomic mass is 9.97. The van der Waals surface area contributed by atoms with Gasteiger partial charge in [-0.25, -0.2) is 0 Å². The van der Waals surface area contributed by atoms with Gasteiger partial charge >= 0.3 is 5.97 Å². The van der Waals surface area contributed by atoms with E-state index in [1.807, 2.05) is 24.3 Å².